The molecule has 258 valence electrons. The van der Waals surface area contributed by atoms with Crippen LogP contribution in [-0.4, -0.2) is 61.6 Å². The largest absolute Gasteiger partial charge is 0.496 e. The number of unbranched alkanes of at least 4 members (excludes halogenated alkanes) is 3. The molecule has 0 saturated heterocycles. The van der Waals surface area contributed by atoms with Gasteiger partial charge >= 0.3 is 12.1 Å². The summed E-state index contributed by atoms with van der Waals surface area (Å²) in [5.74, 6) is -0.967. The number of carbonyl (C=O) groups is 4. The number of nitrogens with one attached hydrogen (secondary N) is 4. The number of hydrogen-bond acceptors (Lipinski definition) is 9. The Labute approximate surface area is 286 Å². The Morgan fingerprint density at radius 3 is 2.37 bits per heavy atom. The van der Waals surface area contributed by atoms with Crippen molar-refractivity contribution in [3.05, 3.63) is 83.2 Å². The Morgan fingerprint density at radius 2 is 1.71 bits per heavy atom. The van der Waals surface area contributed by atoms with E-state index in [1.807, 2.05) is 0 Å². The molecule has 1 aliphatic rings. The van der Waals surface area contributed by atoms with Gasteiger partial charge in [-0.25, -0.2) is 14.6 Å². The van der Waals surface area contributed by atoms with Crippen LogP contribution in [0.4, 0.5) is 10.5 Å². The van der Waals surface area contributed by atoms with Gasteiger partial charge in [0, 0.05) is 40.0 Å². The normalized spacial score (nSPS) is 12.0. The van der Waals surface area contributed by atoms with Crippen molar-refractivity contribution in [2.24, 2.45) is 5.92 Å². The first-order valence-corrected chi connectivity index (χ1v) is 16.4. The lowest BCUT2D eigenvalue weighted by atomic mass is 9.94. The van der Waals surface area contributed by atoms with Crippen LogP contribution >= 0.6 is 0 Å². The number of esters is 1. The van der Waals surface area contributed by atoms with Gasteiger partial charge in [-0.2, -0.15) is 0 Å². The average molecular weight is 670 g/mol. The van der Waals surface area contributed by atoms with Crippen molar-refractivity contribution in [2.75, 3.05) is 32.2 Å². The molecule has 2 aromatic carbocycles. The first-order valence-electron chi connectivity index (χ1n) is 16.4. The van der Waals surface area contributed by atoms with Crippen molar-refractivity contribution in [1.82, 2.24) is 15.6 Å². The molecule has 1 saturated carbocycles. The smallest absolute Gasteiger partial charge is 0.412 e. The van der Waals surface area contributed by atoms with Crippen molar-refractivity contribution < 1.29 is 33.4 Å². The van der Waals surface area contributed by atoms with Gasteiger partial charge in [0.1, 0.15) is 17.3 Å². The molecule has 3 aromatic rings. The number of amides is 3. The number of benzene rings is 2. The van der Waals surface area contributed by atoms with Crippen LogP contribution in [0.2, 0.25) is 0 Å². The minimum Gasteiger partial charge on any atom is -0.496 e. The van der Waals surface area contributed by atoms with Crippen molar-refractivity contribution in [2.45, 2.75) is 52.4 Å². The van der Waals surface area contributed by atoms with E-state index in [2.05, 4.69) is 34.4 Å². The van der Waals surface area contributed by atoms with Crippen molar-refractivity contribution >= 4 is 41.5 Å². The highest BCUT2D eigenvalue weighted by Crippen LogP contribution is 2.35. The fourth-order valence-electron chi connectivity index (χ4n) is 4.97. The van der Waals surface area contributed by atoms with E-state index in [4.69, 9.17) is 19.6 Å². The van der Waals surface area contributed by atoms with Crippen LogP contribution in [-0.2, 0) is 9.47 Å². The first-order chi connectivity index (χ1) is 23.7. The maximum atomic E-state index is 13.8. The maximum absolute atomic E-state index is 13.8. The van der Waals surface area contributed by atoms with Crippen LogP contribution in [0.3, 0.4) is 0 Å². The number of amidine groups is 1. The molecule has 0 spiro atoms. The van der Waals surface area contributed by atoms with Gasteiger partial charge in [0.05, 0.1) is 20.3 Å². The molecule has 4 N–H and O–H groups in total. The molecule has 12 nitrogen and oxygen atoms in total. The zero-order chi connectivity index (χ0) is 35.3. The molecule has 12 heteroatoms. The maximum Gasteiger partial charge on any atom is 0.412 e. The van der Waals surface area contributed by atoms with Gasteiger partial charge in [-0.05, 0) is 80.6 Å². The summed E-state index contributed by atoms with van der Waals surface area (Å²) < 4.78 is 16.0. The molecule has 0 radical (unpaired) electrons. The zero-order valence-electron chi connectivity index (χ0n) is 28.1. The van der Waals surface area contributed by atoms with E-state index < -0.39 is 23.9 Å². The third-order valence-electron chi connectivity index (χ3n) is 7.86. The van der Waals surface area contributed by atoms with Crippen LogP contribution in [0.5, 0.6) is 5.75 Å². The Kier molecular flexibility index (Phi) is 13.0. The molecule has 0 aliphatic heterocycles. The molecular weight excluding hydrogens is 626 g/mol. The Hall–Kier alpha value is -5.52. The molecule has 1 fully saturated rings. The Morgan fingerprint density at radius 1 is 0.959 bits per heavy atom. The van der Waals surface area contributed by atoms with E-state index in [0.717, 1.165) is 38.5 Å². The minimum absolute atomic E-state index is 0.0496. The highest BCUT2D eigenvalue weighted by atomic mass is 16.5. The standard InChI is InChI=1S/C37H43N5O7/c1-5-8-9-10-19-49-37(46)42-33(38)25-13-15-26(16-14-25)40-34(43)29-20-24(6-2)31(47-4)21-28(29)27-17-18-30(35(44)39-22-23-11-12-23)41-32(27)36(45)48-7-3/h6,13-18,20-21,23H,2,5,7-12,19,22H2,1,3-4H3,(H,39,44)(H,40,43)(H2,38,42,46). The molecule has 1 aromatic heterocycles. The molecular formula is C37H43N5O7. The number of carbonyl (C=O) groups excluding carboxylic acids is 4. The van der Waals surface area contributed by atoms with E-state index in [0.29, 0.717) is 40.6 Å². The third kappa shape index (κ3) is 9.99. The highest BCUT2D eigenvalue weighted by Gasteiger charge is 2.26. The Bertz CT molecular complexity index is 1700. The van der Waals surface area contributed by atoms with Crippen molar-refractivity contribution in [3.63, 3.8) is 0 Å². The highest BCUT2D eigenvalue weighted by molar-refractivity contribution is 6.11. The van der Waals surface area contributed by atoms with E-state index in [-0.39, 0.29) is 41.6 Å². The molecule has 1 aliphatic carbocycles. The first kappa shape index (κ1) is 36.3. The molecule has 4 rings (SSSR count). The third-order valence-corrected chi connectivity index (χ3v) is 7.86. The lowest BCUT2D eigenvalue weighted by Gasteiger charge is -2.17. The summed E-state index contributed by atoms with van der Waals surface area (Å²) in [7, 11) is 1.48. The van der Waals surface area contributed by atoms with Crippen LogP contribution in [0.15, 0.2) is 55.1 Å². The van der Waals surface area contributed by atoms with Gasteiger partial charge in [0.2, 0.25) is 0 Å². The summed E-state index contributed by atoms with van der Waals surface area (Å²) >= 11 is 0. The van der Waals surface area contributed by atoms with Crippen LogP contribution in [0.25, 0.3) is 17.2 Å². The fraction of sp³-hybridized carbons (Fsp3) is 0.351. The van der Waals surface area contributed by atoms with E-state index >= 15 is 0 Å². The summed E-state index contributed by atoms with van der Waals surface area (Å²) in [5, 5.41) is 16.4. The number of rotatable bonds is 16. The van der Waals surface area contributed by atoms with Gasteiger partial charge in [-0.15, -0.1) is 0 Å². The second kappa shape index (κ2) is 17.6. The minimum atomic E-state index is -0.750. The van der Waals surface area contributed by atoms with E-state index in [9.17, 15) is 19.2 Å². The van der Waals surface area contributed by atoms with Gasteiger partial charge in [0.25, 0.3) is 11.8 Å². The quantitative estimate of drug-likeness (QED) is 0.0572. The molecule has 0 bridgehead atoms. The molecule has 3 amide bonds. The van der Waals surface area contributed by atoms with Crippen molar-refractivity contribution in [1.29, 1.82) is 5.41 Å². The summed E-state index contributed by atoms with van der Waals surface area (Å²) in [4.78, 5) is 56.3. The number of alkyl carbamates (subject to hydrolysis) is 1. The predicted molar refractivity (Wildman–Crippen MR) is 187 cm³/mol. The molecule has 0 atom stereocenters. The van der Waals surface area contributed by atoms with Gasteiger partial charge < -0.3 is 24.8 Å². The monoisotopic (exact) mass is 669 g/mol. The number of nitrogens with zero attached hydrogens (tertiary/aromatic N) is 1. The summed E-state index contributed by atoms with van der Waals surface area (Å²) in [6.45, 7) is 8.48. The zero-order valence-corrected chi connectivity index (χ0v) is 28.1. The molecule has 1 heterocycles. The van der Waals surface area contributed by atoms with Gasteiger partial charge in [0.15, 0.2) is 5.69 Å². The number of pyridine rings is 1. The molecule has 49 heavy (non-hydrogen) atoms. The van der Waals surface area contributed by atoms with Crippen molar-refractivity contribution in [3.8, 4) is 16.9 Å². The summed E-state index contributed by atoms with van der Waals surface area (Å²) in [6, 6.07) is 12.6. The van der Waals surface area contributed by atoms with E-state index in [1.54, 1.807) is 55.5 Å². The number of aromatic nitrogens is 1. The SMILES string of the molecule is C=Cc1cc(C(=O)Nc2ccc(C(=N)NC(=O)OCCCCCC)cc2)c(-c2ccc(C(=O)NCC3CC3)nc2C(=O)OCC)cc1OC. The fourth-order valence-corrected chi connectivity index (χ4v) is 4.97. The number of ether oxygens (including phenoxy) is 3. The number of methoxy groups -OCH3 is 1. The second-order valence-electron chi connectivity index (χ2n) is 11.5. The van der Waals surface area contributed by atoms with Crippen LogP contribution in [0, 0.1) is 11.3 Å². The summed E-state index contributed by atoms with van der Waals surface area (Å²) in [5.41, 5.74) is 2.03. The lowest BCUT2D eigenvalue weighted by molar-refractivity contribution is 0.0520. The van der Waals surface area contributed by atoms with Gasteiger partial charge in [-0.1, -0.05) is 38.8 Å². The topological polar surface area (TPSA) is 169 Å². The van der Waals surface area contributed by atoms with Crippen LogP contribution in [0.1, 0.15) is 94.8 Å². The lowest BCUT2D eigenvalue weighted by Crippen LogP contribution is -2.31. The van der Waals surface area contributed by atoms with Crippen LogP contribution < -0.4 is 20.7 Å². The van der Waals surface area contributed by atoms with Gasteiger partial charge in [-0.3, -0.25) is 20.3 Å². The molecule has 0 unspecified atom stereocenters. The summed E-state index contributed by atoms with van der Waals surface area (Å²) in [6.07, 6.45) is 6.84. The predicted octanol–water partition coefficient (Wildman–Crippen LogP) is 6.60. The average Bonchev–Trinajstić information content (AvgIpc) is 3.94. The second-order valence-corrected chi connectivity index (χ2v) is 11.5. The van der Waals surface area contributed by atoms with E-state index in [1.165, 1.54) is 13.2 Å². The number of anilines is 1. The number of hydrogen-bond donors (Lipinski definition) is 4. The Balaban J connectivity index is 1.58.